The van der Waals surface area contributed by atoms with Crippen LogP contribution in [-0.4, -0.2) is 22.8 Å². The van der Waals surface area contributed by atoms with E-state index in [-0.39, 0.29) is 30.8 Å². The summed E-state index contributed by atoms with van der Waals surface area (Å²) < 4.78 is 0. The summed E-state index contributed by atoms with van der Waals surface area (Å²) in [5.74, 6) is 5.11. The molecule has 0 aliphatic rings. The fourth-order valence-electron chi connectivity index (χ4n) is 1.61. The molecule has 1 aromatic carbocycles. The zero-order valence-corrected chi connectivity index (χ0v) is 15.6. The fourth-order valence-corrected chi connectivity index (χ4v) is 1.61. The van der Waals surface area contributed by atoms with Gasteiger partial charge < -0.3 is 20.9 Å². The van der Waals surface area contributed by atoms with Gasteiger partial charge in [0.05, 0.1) is 0 Å². The molecule has 0 saturated heterocycles. The molecule has 0 spiro atoms. The first-order chi connectivity index (χ1) is 9.63. The zero-order valence-electron chi connectivity index (χ0n) is 12.7. The number of nitrogens with one attached hydrogen (secondary N) is 1. The Balaban J connectivity index is 0. The smallest absolute Gasteiger partial charge is 0.339 e. The van der Waals surface area contributed by atoms with Crippen LogP contribution >= 0.6 is 0 Å². The molecule has 0 aliphatic carbocycles. The fraction of sp³-hybridized carbons (Fsp3) is 0.533. The van der Waals surface area contributed by atoms with Crippen molar-refractivity contribution in [3.05, 3.63) is 35.7 Å². The molecular formula is C15H24NO4Zn-. The summed E-state index contributed by atoms with van der Waals surface area (Å²) in [6.45, 7) is 2.82. The molecule has 0 aromatic heterocycles. The second kappa shape index (κ2) is 15.4. The molecule has 0 heterocycles. The minimum Gasteiger partial charge on any atom is -0.549 e. The van der Waals surface area contributed by atoms with Crippen LogP contribution in [0.5, 0.6) is 5.75 Å². The Morgan fingerprint density at radius 2 is 1.71 bits per heavy atom. The second-order valence-corrected chi connectivity index (χ2v) is 4.44. The summed E-state index contributed by atoms with van der Waals surface area (Å²) in [7, 11) is 0. The van der Waals surface area contributed by atoms with Crippen LogP contribution in [0, 0.1) is 0 Å². The zero-order chi connectivity index (χ0) is 15.2. The van der Waals surface area contributed by atoms with Crippen LogP contribution < -0.4 is 0 Å². The number of aromatic carboxylic acids is 1. The molecule has 0 aliphatic heterocycles. The first kappa shape index (κ1) is 22.3. The number of hydrogen-bond acceptors (Lipinski definition) is 3. The number of carboxylic acid groups (broad SMARTS) is 1. The third-order valence-corrected chi connectivity index (χ3v) is 2.73. The van der Waals surface area contributed by atoms with E-state index in [2.05, 4.69) is 11.8 Å². The van der Waals surface area contributed by atoms with Crippen LogP contribution in [0.25, 0.3) is 5.90 Å². The van der Waals surface area contributed by atoms with E-state index in [4.69, 9.17) is 16.1 Å². The summed E-state index contributed by atoms with van der Waals surface area (Å²) in [6, 6.07) is 5.81. The van der Waals surface area contributed by atoms with Crippen molar-refractivity contribution in [1.82, 2.24) is 0 Å². The van der Waals surface area contributed by atoms with Gasteiger partial charge in [-0.3, -0.25) is 0 Å². The number of benzene rings is 1. The summed E-state index contributed by atoms with van der Waals surface area (Å²) in [6.07, 6.45) is 7.56. The Morgan fingerprint density at radius 3 is 2.19 bits per heavy atom. The second-order valence-electron chi connectivity index (χ2n) is 4.44. The number of rotatable bonds is 8. The average Bonchev–Trinajstić information content (AvgIpc) is 2.44. The number of aromatic hydroxyl groups is 1. The van der Waals surface area contributed by atoms with Gasteiger partial charge in [-0.2, -0.15) is 0 Å². The van der Waals surface area contributed by atoms with E-state index >= 15 is 0 Å². The van der Waals surface area contributed by atoms with Crippen molar-refractivity contribution in [1.29, 1.82) is 0 Å². The van der Waals surface area contributed by atoms with Crippen LogP contribution in [-0.2, 0) is 24.3 Å². The van der Waals surface area contributed by atoms with Gasteiger partial charge >= 0.3 is 5.97 Å². The van der Waals surface area contributed by atoms with Crippen molar-refractivity contribution in [2.45, 2.75) is 45.4 Å². The molecule has 0 saturated carbocycles. The van der Waals surface area contributed by atoms with Crippen LogP contribution in [0.4, 0.5) is 0 Å². The van der Waals surface area contributed by atoms with E-state index in [1.807, 2.05) is 0 Å². The molecular weight excluding hydrogens is 324 g/mol. The average molecular weight is 348 g/mol. The van der Waals surface area contributed by atoms with Gasteiger partial charge in [0.15, 0.2) is 0 Å². The van der Waals surface area contributed by atoms with Crippen molar-refractivity contribution in [2.24, 2.45) is 0 Å². The summed E-state index contributed by atoms with van der Waals surface area (Å²) in [5, 5.41) is 17.3. The molecule has 0 atom stereocenters. The van der Waals surface area contributed by atoms with Gasteiger partial charge in [0.1, 0.15) is 11.3 Å². The first-order valence-corrected chi connectivity index (χ1v) is 6.93. The van der Waals surface area contributed by atoms with Crippen molar-refractivity contribution in [2.75, 3.05) is 6.61 Å². The maximum Gasteiger partial charge on any atom is 0.339 e. The minimum absolute atomic E-state index is 0. The van der Waals surface area contributed by atoms with Gasteiger partial charge in [-0.05, 0) is 18.6 Å². The number of carboxylic acids is 1. The molecule has 0 bridgehead atoms. The van der Waals surface area contributed by atoms with E-state index in [0.29, 0.717) is 6.61 Å². The standard InChI is InChI=1S/C8H18NO.C7H6O3.Zn/c1-2-3-4-5-6-7-8-10-9;8-6-4-2-1-3-5(6)7(9)10;/h9H,2-8H2,1H3;1-4,8H,(H,9,10);/q-1;;. The molecule has 1 rings (SSSR count). The summed E-state index contributed by atoms with van der Waals surface area (Å²) in [5.41, 5.74) is -0.0671. The van der Waals surface area contributed by atoms with Gasteiger partial charge in [-0.25, -0.2) is 4.79 Å². The number of unbranched alkanes of at least 4 members (excludes halogenated alkanes) is 5. The number of carbonyl (C=O) groups is 1. The van der Waals surface area contributed by atoms with E-state index in [1.54, 1.807) is 12.1 Å². The predicted molar refractivity (Wildman–Crippen MR) is 78.7 cm³/mol. The van der Waals surface area contributed by atoms with Gasteiger partial charge in [0.25, 0.3) is 0 Å². The Labute approximate surface area is 139 Å². The molecule has 5 nitrogen and oxygen atoms in total. The van der Waals surface area contributed by atoms with Crippen molar-refractivity contribution in [3.63, 3.8) is 0 Å². The molecule has 0 unspecified atom stereocenters. The van der Waals surface area contributed by atoms with Crippen molar-refractivity contribution < 1.29 is 39.3 Å². The number of phenols is 1. The molecule has 0 radical (unpaired) electrons. The molecule has 3 N–H and O–H groups in total. The monoisotopic (exact) mass is 346 g/mol. The number of hydrogen-bond donors (Lipinski definition) is 2. The summed E-state index contributed by atoms with van der Waals surface area (Å²) in [4.78, 5) is 14.5. The normalized spacial score (nSPS) is 9.24. The Hall–Kier alpha value is -0.967. The van der Waals surface area contributed by atoms with Crippen molar-refractivity contribution >= 4 is 5.97 Å². The SMILES string of the molecule is CCCCCCCCO[NH-].O=C(O)c1ccccc1O.[Zn]. The van der Waals surface area contributed by atoms with Crippen LogP contribution in [0.15, 0.2) is 24.3 Å². The quantitative estimate of drug-likeness (QED) is 0.414. The van der Waals surface area contributed by atoms with Crippen molar-refractivity contribution in [3.8, 4) is 5.75 Å². The third-order valence-electron chi connectivity index (χ3n) is 2.73. The molecule has 0 fully saturated rings. The predicted octanol–water partition coefficient (Wildman–Crippen LogP) is 4.42. The Bertz CT molecular complexity index is 366. The van der Waals surface area contributed by atoms with Crippen LogP contribution in [0.2, 0.25) is 0 Å². The van der Waals surface area contributed by atoms with Gasteiger partial charge in [0.2, 0.25) is 0 Å². The molecule has 0 amide bonds. The van der Waals surface area contributed by atoms with Crippen LogP contribution in [0.3, 0.4) is 0 Å². The van der Waals surface area contributed by atoms with Crippen LogP contribution in [0.1, 0.15) is 55.8 Å². The summed E-state index contributed by atoms with van der Waals surface area (Å²) >= 11 is 0. The molecule has 21 heavy (non-hydrogen) atoms. The minimum atomic E-state index is -1.11. The third kappa shape index (κ3) is 12.5. The number of para-hydroxylation sites is 1. The maximum absolute atomic E-state index is 10.3. The Morgan fingerprint density at radius 1 is 1.14 bits per heavy atom. The first-order valence-electron chi connectivity index (χ1n) is 6.93. The van der Waals surface area contributed by atoms with E-state index in [1.165, 1.54) is 44.2 Å². The molecule has 1 aromatic rings. The Kier molecular flexibility index (Phi) is 16.4. The molecule has 6 heteroatoms. The van der Waals surface area contributed by atoms with E-state index < -0.39 is 5.97 Å². The van der Waals surface area contributed by atoms with Gasteiger partial charge in [0, 0.05) is 26.1 Å². The molecule has 116 valence electrons. The van der Waals surface area contributed by atoms with Gasteiger partial charge in [-0.15, -0.1) is 0 Å². The van der Waals surface area contributed by atoms with E-state index in [9.17, 15) is 4.79 Å². The topological polar surface area (TPSA) is 90.6 Å². The maximum atomic E-state index is 10.3. The largest absolute Gasteiger partial charge is 0.549 e. The van der Waals surface area contributed by atoms with Gasteiger partial charge in [-0.1, -0.05) is 51.2 Å². The van der Waals surface area contributed by atoms with E-state index in [0.717, 1.165) is 6.42 Å².